The minimum absolute atomic E-state index is 0.0679. The molecule has 1 N–H and O–H groups in total. The van der Waals surface area contributed by atoms with Crippen LogP contribution in [0.2, 0.25) is 0 Å². The second-order valence-corrected chi connectivity index (χ2v) is 6.98. The van der Waals surface area contributed by atoms with Gasteiger partial charge in [-0.05, 0) is 15.9 Å². The SMILES string of the molecule is CC(CO)Sc1cc(Br)nc(C(C)(C)C)n1. The van der Waals surface area contributed by atoms with E-state index in [-0.39, 0.29) is 17.3 Å². The molecule has 90 valence electrons. The summed E-state index contributed by atoms with van der Waals surface area (Å²) in [5, 5.41) is 10.1. The summed E-state index contributed by atoms with van der Waals surface area (Å²) in [6, 6.07) is 1.88. The van der Waals surface area contributed by atoms with Gasteiger partial charge in [-0.25, -0.2) is 9.97 Å². The molecule has 0 saturated carbocycles. The van der Waals surface area contributed by atoms with Crippen molar-refractivity contribution in [2.24, 2.45) is 0 Å². The van der Waals surface area contributed by atoms with Gasteiger partial charge in [-0.15, -0.1) is 11.8 Å². The van der Waals surface area contributed by atoms with E-state index >= 15 is 0 Å². The molecule has 0 radical (unpaired) electrons. The zero-order valence-corrected chi connectivity index (χ0v) is 12.4. The Hall–Kier alpha value is -0.130. The van der Waals surface area contributed by atoms with E-state index in [0.29, 0.717) is 0 Å². The second-order valence-electron chi connectivity index (χ2n) is 4.71. The third-order valence-electron chi connectivity index (χ3n) is 1.92. The molecule has 1 rings (SSSR count). The second kappa shape index (κ2) is 5.47. The number of aromatic nitrogens is 2. The summed E-state index contributed by atoms with van der Waals surface area (Å²) in [4.78, 5) is 8.87. The van der Waals surface area contributed by atoms with Gasteiger partial charge in [-0.3, -0.25) is 0 Å². The average molecular weight is 305 g/mol. The van der Waals surface area contributed by atoms with E-state index in [1.54, 1.807) is 11.8 Å². The van der Waals surface area contributed by atoms with Crippen LogP contribution in [0.4, 0.5) is 0 Å². The average Bonchev–Trinajstić information content (AvgIpc) is 2.15. The van der Waals surface area contributed by atoms with Crippen molar-refractivity contribution in [1.82, 2.24) is 9.97 Å². The van der Waals surface area contributed by atoms with Crippen molar-refractivity contribution in [3.05, 3.63) is 16.5 Å². The molecule has 1 aromatic rings. The molecule has 3 nitrogen and oxygen atoms in total. The van der Waals surface area contributed by atoms with Crippen LogP contribution in [-0.2, 0) is 5.41 Å². The van der Waals surface area contributed by atoms with Crippen LogP contribution in [0.3, 0.4) is 0 Å². The fourth-order valence-corrected chi connectivity index (χ4v) is 2.38. The van der Waals surface area contributed by atoms with Crippen molar-refractivity contribution in [2.75, 3.05) is 6.61 Å². The summed E-state index contributed by atoms with van der Waals surface area (Å²) in [6.07, 6.45) is 0. The van der Waals surface area contributed by atoms with Crippen LogP contribution in [0.5, 0.6) is 0 Å². The van der Waals surface area contributed by atoms with Gasteiger partial charge in [0.05, 0.1) is 6.61 Å². The van der Waals surface area contributed by atoms with E-state index < -0.39 is 0 Å². The highest BCUT2D eigenvalue weighted by Crippen LogP contribution is 2.27. The van der Waals surface area contributed by atoms with Crippen molar-refractivity contribution >= 4 is 27.7 Å². The Morgan fingerprint density at radius 1 is 1.44 bits per heavy atom. The Morgan fingerprint density at radius 3 is 2.56 bits per heavy atom. The number of hydrogen-bond acceptors (Lipinski definition) is 4. The molecule has 0 saturated heterocycles. The van der Waals surface area contributed by atoms with Gasteiger partial charge in [-0.1, -0.05) is 27.7 Å². The quantitative estimate of drug-likeness (QED) is 0.689. The predicted molar refractivity (Wildman–Crippen MR) is 70.8 cm³/mol. The molecule has 0 bridgehead atoms. The van der Waals surface area contributed by atoms with Crippen LogP contribution < -0.4 is 0 Å². The Labute approximate surface area is 109 Å². The highest BCUT2D eigenvalue weighted by molar-refractivity contribution is 9.10. The minimum Gasteiger partial charge on any atom is -0.395 e. The lowest BCUT2D eigenvalue weighted by Crippen LogP contribution is -2.16. The first-order chi connectivity index (χ1) is 7.32. The molecule has 0 aliphatic heterocycles. The molecule has 0 fully saturated rings. The summed E-state index contributed by atoms with van der Waals surface area (Å²) < 4.78 is 0.792. The first-order valence-corrected chi connectivity index (χ1v) is 6.83. The molecule has 16 heavy (non-hydrogen) atoms. The van der Waals surface area contributed by atoms with Gasteiger partial charge in [-0.2, -0.15) is 0 Å². The molecule has 0 aliphatic rings. The van der Waals surface area contributed by atoms with Crippen LogP contribution in [0.15, 0.2) is 15.7 Å². The molecule has 1 atom stereocenters. The monoisotopic (exact) mass is 304 g/mol. The standard InChI is InChI=1S/C11H17BrN2OS/c1-7(6-15)16-9-5-8(12)13-10(14-9)11(2,3)4/h5,7,15H,6H2,1-4H3. The van der Waals surface area contributed by atoms with Crippen molar-refractivity contribution in [3.63, 3.8) is 0 Å². The van der Waals surface area contributed by atoms with Gasteiger partial charge in [0.15, 0.2) is 0 Å². The van der Waals surface area contributed by atoms with Gasteiger partial charge in [0, 0.05) is 16.7 Å². The minimum atomic E-state index is -0.0679. The van der Waals surface area contributed by atoms with Crippen LogP contribution in [-0.4, -0.2) is 26.9 Å². The van der Waals surface area contributed by atoms with Crippen LogP contribution in [0.1, 0.15) is 33.5 Å². The molecule has 5 heteroatoms. The van der Waals surface area contributed by atoms with Crippen LogP contribution in [0.25, 0.3) is 0 Å². The van der Waals surface area contributed by atoms with Gasteiger partial charge in [0.1, 0.15) is 15.5 Å². The Bertz CT molecular complexity index is 365. The first-order valence-electron chi connectivity index (χ1n) is 5.15. The van der Waals surface area contributed by atoms with Gasteiger partial charge < -0.3 is 5.11 Å². The highest BCUT2D eigenvalue weighted by Gasteiger charge is 2.19. The third kappa shape index (κ3) is 4.03. The molecule has 1 heterocycles. The molecule has 0 aromatic carbocycles. The zero-order chi connectivity index (χ0) is 12.3. The predicted octanol–water partition coefficient (Wildman–Crippen LogP) is 3.01. The molecule has 1 aromatic heterocycles. The fourth-order valence-electron chi connectivity index (χ4n) is 1.04. The van der Waals surface area contributed by atoms with E-state index in [4.69, 9.17) is 5.11 Å². The summed E-state index contributed by atoms with van der Waals surface area (Å²) in [6.45, 7) is 8.37. The molecule has 0 amide bonds. The van der Waals surface area contributed by atoms with E-state index in [1.807, 2.05) is 13.0 Å². The molecular weight excluding hydrogens is 288 g/mol. The van der Waals surface area contributed by atoms with Crippen LogP contribution >= 0.6 is 27.7 Å². The molecule has 0 spiro atoms. The van der Waals surface area contributed by atoms with Gasteiger partial charge in [0.2, 0.25) is 0 Å². The number of thioether (sulfide) groups is 1. The summed E-state index contributed by atoms with van der Waals surface area (Å²) in [7, 11) is 0. The molecule has 0 aliphatic carbocycles. The van der Waals surface area contributed by atoms with E-state index in [2.05, 4.69) is 46.7 Å². The van der Waals surface area contributed by atoms with E-state index in [0.717, 1.165) is 15.5 Å². The summed E-state index contributed by atoms with van der Waals surface area (Å²) in [5.41, 5.74) is -0.0679. The number of rotatable bonds is 3. The van der Waals surface area contributed by atoms with E-state index in [1.165, 1.54) is 0 Å². The maximum atomic E-state index is 9.02. The van der Waals surface area contributed by atoms with Crippen molar-refractivity contribution in [1.29, 1.82) is 0 Å². The third-order valence-corrected chi connectivity index (χ3v) is 3.33. The first kappa shape index (κ1) is 13.9. The Morgan fingerprint density at radius 2 is 2.06 bits per heavy atom. The molecule has 1 unspecified atom stereocenters. The van der Waals surface area contributed by atoms with Gasteiger partial charge >= 0.3 is 0 Å². The lowest BCUT2D eigenvalue weighted by atomic mass is 9.96. The zero-order valence-electron chi connectivity index (χ0n) is 9.99. The number of aliphatic hydroxyl groups is 1. The fraction of sp³-hybridized carbons (Fsp3) is 0.636. The largest absolute Gasteiger partial charge is 0.395 e. The van der Waals surface area contributed by atoms with Crippen molar-refractivity contribution < 1.29 is 5.11 Å². The summed E-state index contributed by atoms with van der Waals surface area (Å²) >= 11 is 4.95. The maximum absolute atomic E-state index is 9.02. The maximum Gasteiger partial charge on any atom is 0.136 e. The smallest absolute Gasteiger partial charge is 0.136 e. The van der Waals surface area contributed by atoms with E-state index in [9.17, 15) is 0 Å². The normalized spacial score (nSPS) is 13.9. The lowest BCUT2D eigenvalue weighted by Gasteiger charge is -2.18. The van der Waals surface area contributed by atoms with Crippen molar-refractivity contribution in [2.45, 2.75) is 43.4 Å². The highest BCUT2D eigenvalue weighted by atomic mass is 79.9. The number of nitrogens with zero attached hydrogens (tertiary/aromatic N) is 2. The topological polar surface area (TPSA) is 46.0 Å². The van der Waals surface area contributed by atoms with Gasteiger partial charge in [0.25, 0.3) is 0 Å². The number of aliphatic hydroxyl groups excluding tert-OH is 1. The van der Waals surface area contributed by atoms with Crippen molar-refractivity contribution in [3.8, 4) is 0 Å². The summed E-state index contributed by atoms with van der Waals surface area (Å²) in [5.74, 6) is 0.814. The molecular formula is C11H17BrN2OS. The Kier molecular flexibility index (Phi) is 4.76. The van der Waals surface area contributed by atoms with Crippen LogP contribution in [0, 0.1) is 0 Å². The Balaban J connectivity index is 2.99. The number of halogens is 1. The lowest BCUT2D eigenvalue weighted by molar-refractivity contribution is 0.300. The number of hydrogen-bond donors (Lipinski definition) is 1.